The van der Waals surface area contributed by atoms with Crippen molar-refractivity contribution in [1.29, 1.82) is 0 Å². The van der Waals surface area contributed by atoms with Crippen molar-refractivity contribution in [3.63, 3.8) is 0 Å². The number of likely N-dealkylation sites (tertiary alicyclic amines) is 1. The average Bonchev–Trinajstić information content (AvgIpc) is 2.55. The summed E-state index contributed by atoms with van der Waals surface area (Å²) in [5, 5.41) is 3.63. The summed E-state index contributed by atoms with van der Waals surface area (Å²) >= 11 is 8.01. The number of ether oxygens (including phenoxy) is 1. The zero-order valence-electron chi connectivity index (χ0n) is 14.3. The van der Waals surface area contributed by atoms with Crippen LogP contribution < -0.4 is 15.8 Å². The Bertz CT molecular complexity index is 565. The van der Waals surface area contributed by atoms with Crippen molar-refractivity contribution in [1.82, 2.24) is 4.90 Å². The van der Waals surface area contributed by atoms with Crippen LogP contribution in [0.3, 0.4) is 0 Å². The van der Waals surface area contributed by atoms with Crippen molar-refractivity contribution in [2.24, 2.45) is 10.7 Å². The highest BCUT2D eigenvalue weighted by Gasteiger charge is 2.32. The first kappa shape index (κ1) is 21.7. The summed E-state index contributed by atoms with van der Waals surface area (Å²) in [6.07, 6.45) is 4.43. The van der Waals surface area contributed by atoms with E-state index in [0.717, 1.165) is 38.2 Å². The number of methoxy groups -OCH3 is 1. The number of nitrogens with zero attached hydrogens (tertiary/aromatic N) is 2. The molecule has 0 aliphatic carbocycles. The van der Waals surface area contributed by atoms with Crippen LogP contribution in [0.1, 0.15) is 12.8 Å². The van der Waals surface area contributed by atoms with Gasteiger partial charge in [0.25, 0.3) is 0 Å². The predicted molar refractivity (Wildman–Crippen MR) is 117 cm³/mol. The van der Waals surface area contributed by atoms with Crippen molar-refractivity contribution in [3.8, 4) is 5.75 Å². The van der Waals surface area contributed by atoms with Crippen LogP contribution in [0.5, 0.6) is 5.75 Å². The number of thioether (sulfide) groups is 1. The third-order valence-corrected chi connectivity index (χ3v) is 5.99. The number of nitrogens with one attached hydrogen (secondary N) is 1. The Morgan fingerprint density at radius 3 is 2.67 bits per heavy atom. The Morgan fingerprint density at radius 2 is 2.12 bits per heavy atom. The Labute approximate surface area is 170 Å². The zero-order chi connectivity index (χ0) is 16.9. The number of hydrogen-bond donors (Lipinski definition) is 2. The number of nitrogens with two attached hydrogens (primary N) is 1. The molecular weight excluding hydrogens is 459 g/mol. The number of aliphatic imine (C=N–C) groups is 1. The summed E-state index contributed by atoms with van der Waals surface area (Å²) in [5.41, 5.74) is 6.83. The largest absolute Gasteiger partial charge is 0.495 e. The standard InChI is InChI=1S/C16H25ClN4OS.HI/c1-21-8-6-16(23-3,7-9-21)11-19-15(18)20-12-4-5-14(22-2)13(17)10-12;/h4-5,10H,6-9,11H2,1-3H3,(H3,18,19,20);1H. The van der Waals surface area contributed by atoms with E-state index < -0.39 is 0 Å². The molecule has 0 saturated carbocycles. The van der Waals surface area contributed by atoms with Crippen molar-refractivity contribution >= 4 is 59.0 Å². The fourth-order valence-corrected chi connectivity index (χ4v) is 3.66. The number of anilines is 1. The van der Waals surface area contributed by atoms with Crippen LogP contribution in [0, 0.1) is 0 Å². The molecule has 1 saturated heterocycles. The molecule has 0 spiro atoms. The van der Waals surface area contributed by atoms with E-state index in [1.165, 1.54) is 0 Å². The van der Waals surface area contributed by atoms with Gasteiger partial charge < -0.3 is 20.7 Å². The van der Waals surface area contributed by atoms with Gasteiger partial charge in [-0.2, -0.15) is 11.8 Å². The van der Waals surface area contributed by atoms with Crippen LogP contribution in [0.2, 0.25) is 5.02 Å². The number of piperidine rings is 1. The monoisotopic (exact) mass is 484 g/mol. The summed E-state index contributed by atoms with van der Waals surface area (Å²) in [4.78, 5) is 6.91. The Balaban J connectivity index is 0.00000288. The van der Waals surface area contributed by atoms with Gasteiger partial charge in [0.05, 0.1) is 18.7 Å². The molecule has 1 aliphatic heterocycles. The van der Waals surface area contributed by atoms with E-state index in [2.05, 4.69) is 28.5 Å². The summed E-state index contributed by atoms with van der Waals surface area (Å²) in [7, 11) is 3.75. The maximum Gasteiger partial charge on any atom is 0.193 e. The molecule has 0 atom stereocenters. The van der Waals surface area contributed by atoms with Crippen LogP contribution in [0.15, 0.2) is 23.2 Å². The van der Waals surface area contributed by atoms with Crippen LogP contribution in [-0.2, 0) is 0 Å². The van der Waals surface area contributed by atoms with Gasteiger partial charge in [0.15, 0.2) is 5.96 Å². The van der Waals surface area contributed by atoms with Crippen LogP contribution >= 0.6 is 47.3 Å². The van der Waals surface area contributed by atoms with Gasteiger partial charge >= 0.3 is 0 Å². The fourth-order valence-electron chi connectivity index (χ4n) is 2.61. The fraction of sp³-hybridized carbons (Fsp3) is 0.562. The molecular formula is C16H26ClIN4OS. The first-order valence-corrected chi connectivity index (χ1v) is 9.22. The molecule has 0 bridgehead atoms. The first-order chi connectivity index (χ1) is 11.0. The highest BCUT2D eigenvalue weighted by Crippen LogP contribution is 2.34. The Hall–Kier alpha value is -0.380. The van der Waals surface area contributed by atoms with Gasteiger partial charge in [-0.1, -0.05) is 11.6 Å². The summed E-state index contributed by atoms with van der Waals surface area (Å²) in [6, 6.07) is 5.45. The highest BCUT2D eigenvalue weighted by molar-refractivity contribution is 14.0. The molecule has 1 heterocycles. The zero-order valence-corrected chi connectivity index (χ0v) is 18.2. The van der Waals surface area contributed by atoms with Gasteiger partial charge in [-0.25, -0.2) is 0 Å². The maximum atomic E-state index is 6.12. The molecule has 136 valence electrons. The van der Waals surface area contributed by atoms with E-state index >= 15 is 0 Å². The lowest BCUT2D eigenvalue weighted by Crippen LogP contribution is -2.43. The lowest BCUT2D eigenvalue weighted by molar-refractivity contribution is 0.242. The summed E-state index contributed by atoms with van der Waals surface area (Å²) in [5.74, 6) is 1.05. The molecule has 1 aromatic carbocycles. The second kappa shape index (κ2) is 9.94. The number of guanidine groups is 1. The minimum Gasteiger partial charge on any atom is -0.495 e. The van der Waals surface area contributed by atoms with Crippen LogP contribution in [-0.4, -0.2) is 55.7 Å². The van der Waals surface area contributed by atoms with E-state index in [1.54, 1.807) is 19.2 Å². The van der Waals surface area contributed by atoms with Gasteiger partial charge in [-0.15, -0.1) is 24.0 Å². The Morgan fingerprint density at radius 1 is 1.46 bits per heavy atom. The molecule has 1 fully saturated rings. The lowest BCUT2D eigenvalue weighted by Gasteiger charge is -2.38. The molecule has 1 aromatic rings. The van der Waals surface area contributed by atoms with Gasteiger partial charge in [-0.3, -0.25) is 4.99 Å². The van der Waals surface area contributed by atoms with E-state index in [1.807, 2.05) is 17.8 Å². The predicted octanol–water partition coefficient (Wildman–Crippen LogP) is 3.52. The molecule has 0 radical (unpaired) electrons. The second-order valence-corrected chi connectivity index (χ2v) is 7.55. The molecule has 5 nitrogen and oxygen atoms in total. The normalized spacial score (nSPS) is 17.9. The summed E-state index contributed by atoms with van der Waals surface area (Å²) in [6.45, 7) is 2.94. The van der Waals surface area contributed by atoms with E-state index in [0.29, 0.717) is 16.7 Å². The maximum absolute atomic E-state index is 6.12. The topological polar surface area (TPSA) is 62.9 Å². The van der Waals surface area contributed by atoms with Gasteiger partial charge in [-0.05, 0) is 57.4 Å². The third kappa shape index (κ3) is 5.86. The van der Waals surface area contributed by atoms with Crippen LogP contribution in [0.25, 0.3) is 0 Å². The van der Waals surface area contributed by atoms with E-state index in [-0.39, 0.29) is 28.7 Å². The van der Waals surface area contributed by atoms with Gasteiger partial charge in [0.2, 0.25) is 0 Å². The third-order valence-electron chi connectivity index (χ3n) is 4.29. The number of rotatable bonds is 5. The minimum atomic E-state index is 0. The SMILES string of the molecule is COc1ccc(NC(N)=NCC2(SC)CCN(C)CC2)cc1Cl.I. The summed E-state index contributed by atoms with van der Waals surface area (Å²) < 4.78 is 5.33. The molecule has 2 rings (SSSR count). The minimum absolute atomic E-state index is 0. The van der Waals surface area contributed by atoms with Gasteiger partial charge in [0, 0.05) is 10.4 Å². The lowest BCUT2D eigenvalue weighted by atomic mass is 9.96. The Kier molecular flexibility index (Phi) is 8.97. The van der Waals surface area contributed by atoms with Gasteiger partial charge in [0.1, 0.15) is 5.75 Å². The molecule has 24 heavy (non-hydrogen) atoms. The van der Waals surface area contributed by atoms with Crippen molar-refractivity contribution in [3.05, 3.63) is 23.2 Å². The quantitative estimate of drug-likeness (QED) is 0.380. The number of benzene rings is 1. The molecule has 0 amide bonds. The highest BCUT2D eigenvalue weighted by atomic mass is 127. The molecule has 0 aromatic heterocycles. The smallest absolute Gasteiger partial charge is 0.193 e. The van der Waals surface area contributed by atoms with Crippen molar-refractivity contribution < 1.29 is 4.74 Å². The van der Waals surface area contributed by atoms with Crippen molar-refractivity contribution in [2.75, 3.05) is 45.4 Å². The number of halogens is 2. The molecule has 0 unspecified atom stereocenters. The first-order valence-electron chi connectivity index (χ1n) is 7.62. The van der Waals surface area contributed by atoms with E-state index in [9.17, 15) is 0 Å². The average molecular weight is 485 g/mol. The number of hydrogen-bond acceptors (Lipinski definition) is 4. The van der Waals surface area contributed by atoms with E-state index in [4.69, 9.17) is 22.1 Å². The van der Waals surface area contributed by atoms with Crippen LogP contribution in [0.4, 0.5) is 5.69 Å². The second-order valence-electron chi connectivity index (χ2n) is 5.87. The van der Waals surface area contributed by atoms with Crippen molar-refractivity contribution in [2.45, 2.75) is 17.6 Å². The molecule has 1 aliphatic rings. The molecule has 8 heteroatoms. The molecule has 3 N–H and O–H groups in total.